The lowest BCUT2D eigenvalue weighted by Gasteiger charge is -2.24. The Morgan fingerprint density at radius 2 is 1.94 bits per heavy atom. The number of nitrogens with one attached hydrogen (secondary N) is 2. The van der Waals surface area contributed by atoms with Crippen LogP contribution in [0, 0.1) is 0 Å². The zero-order chi connectivity index (χ0) is 22.3. The Bertz CT molecular complexity index is 735. The third-order valence-electron chi connectivity index (χ3n) is 5.61. The quantitative estimate of drug-likeness (QED) is 0.564. The molecule has 3 rings (SSSR count). The average molecular weight is 431 g/mol. The molecule has 31 heavy (non-hydrogen) atoms. The molecule has 2 aliphatic heterocycles. The summed E-state index contributed by atoms with van der Waals surface area (Å²) in [5.41, 5.74) is 0.638. The third-order valence-corrected chi connectivity index (χ3v) is 5.61. The maximum absolute atomic E-state index is 12.0. The first kappa shape index (κ1) is 23.2. The molecule has 172 valence electrons. The summed E-state index contributed by atoms with van der Waals surface area (Å²) < 4.78 is 5.36. The second-order valence-electron chi connectivity index (χ2n) is 9.40. The molecule has 1 aromatic heterocycles. The summed E-state index contributed by atoms with van der Waals surface area (Å²) in [5.74, 6) is 1.91. The predicted octanol–water partition coefficient (Wildman–Crippen LogP) is 3.14. The molecule has 0 spiro atoms. The fourth-order valence-electron chi connectivity index (χ4n) is 4.07. The molecule has 0 bridgehead atoms. The number of aromatic nitrogens is 1. The number of carbonyl (C=O) groups is 1. The van der Waals surface area contributed by atoms with Gasteiger partial charge in [0.05, 0.1) is 6.04 Å². The van der Waals surface area contributed by atoms with Gasteiger partial charge >= 0.3 is 6.09 Å². The van der Waals surface area contributed by atoms with Crippen molar-refractivity contribution in [2.24, 2.45) is 4.99 Å². The fraction of sp³-hybridized carbons (Fsp3) is 0.696. The van der Waals surface area contributed by atoms with Crippen LogP contribution in [0.1, 0.15) is 58.4 Å². The van der Waals surface area contributed by atoms with E-state index in [1.165, 1.54) is 25.7 Å². The van der Waals surface area contributed by atoms with Crippen LogP contribution in [0.3, 0.4) is 0 Å². The molecule has 2 N–H and O–H groups in total. The number of anilines is 1. The van der Waals surface area contributed by atoms with E-state index in [2.05, 4.69) is 37.6 Å². The zero-order valence-electron chi connectivity index (χ0n) is 19.5. The number of alkyl carbamates (subject to hydrolysis) is 1. The van der Waals surface area contributed by atoms with Crippen LogP contribution in [0.15, 0.2) is 23.3 Å². The highest BCUT2D eigenvalue weighted by atomic mass is 16.6. The van der Waals surface area contributed by atoms with E-state index in [1.54, 1.807) is 7.05 Å². The predicted molar refractivity (Wildman–Crippen MR) is 124 cm³/mol. The topological polar surface area (TPSA) is 82.1 Å². The molecule has 2 fully saturated rings. The summed E-state index contributed by atoms with van der Waals surface area (Å²) in [6, 6.07) is 4.33. The number of ether oxygens (including phenoxy) is 1. The minimum absolute atomic E-state index is 0.0583. The number of aliphatic imine (C=N–C) groups is 1. The van der Waals surface area contributed by atoms with Crippen molar-refractivity contribution < 1.29 is 9.53 Å². The number of guanidine groups is 1. The number of amides is 1. The lowest BCUT2D eigenvalue weighted by Crippen LogP contribution is -2.44. The summed E-state index contributed by atoms with van der Waals surface area (Å²) in [6.07, 6.45) is 7.60. The summed E-state index contributed by atoms with van der Waals surface area (Å²) >= 11 is 0. The van der Waals surface area contributed by atoms with E-state index in [0.29, 0.717) is 13.1 Å². The molecular weight excluding hydrogens is 392 g/mol. The van der Waals surface area contributed by atoms with Crippen LogP contribution in [0.4, 0.5) is 10.6 Å². The van der Waals surface area contributed by atoms with Gasteiger partial charge < -0.3 is 25.2 Å². The zero-order valence-corrected chi connectivity index (χ0v) is 19.5. The molecule has 2 aliphatic rings. The molecule has 8 nitrogen and oxygen atoms in total. The smallest absolute Gasteiger partial charge is 0.407 e. The van der Waals surface area contributed by atoms with Crippen LogP contribution in [-0.2, 0) is 11.3 Å². The van der Waals surface area contributed by atoms with E-state index in [-0.39, 0.29) is 12.1 Å². The highest BCUT2D eigenvalue weighted by Gasteiger charge is 2.27. The van der Waals surface area contributed by atoms with Gasteiger partial charge in [0.2, 0.25) is 0 Å². The van der Waals surface area contributed by atoms with Crippen LogP contribution >= 0.6 is 0 Å². The number of carbonyl (C=O) groups excluding carboxylic acids is 1. The van der Waals surface area contributed by atoms with E-state index in [0.717, 1.165) is 43.4 Å². The van der Waals surface area contributed by atoms with Crippen molar-refractivity contribution >= 4 is 17.9 Å². The second-order valence-corrected chi connectivity index (χ2v) is 9.40. The molecule has 1 amide bonds. The maximum atomic E-state index is 12.0. The standard InChI is InChI=1S/C23H38N6O2/c1-23(2,3)31-22(30)27-19-11-14-29(17-19)21(24-4)26-16-18-9-10-20(25-15-18)28-12-7-5-6-8-13-28/h9-10,15,19H,5-8,11-14,16-17H2,1-4H3,(H,24,26)(H,27,30). The van der Waals surface area contributed by atoms with Crippen molar-refractivity contribution in [3.8, 4) is 0 Å². The third kappa shape index (κ3) is 7.29. The summed E-state index contributed by atoms with van der Waals surface area (Å²) in [7, 11) is 1.79. The second kappa shape index (κ2) is 10.7. The monoisotopic (exact) mass is 430 g/mol. The first-order chi connectivity index (χ1) is 14.8. The summed E-state index contributed by atoms with van der Waals surface area (Å²) in [5, 5.41) is 6.39. The van der Waals surface area contributed by atoms with Crippen LogP contribution in [0.2, 0.25) is 0 Å². The van der Waals surface area contributed by atoms with Gasteiger partial charge in [-0.05, 0) is 51.7 Å². The van der Waals surface area contributed by atoms with Crippen LogP contribution in [0.25, 0.3) is 0 Å². The molecule has 1 aromatic rings. The molecule has 0 saturated carbocycles. The minimum Gasteiger partial charge on any atom is -0.444 e. The van der Waals surface area contributed by atoms with E-state index in [9.17, 15) is 4.79 Å². The average Bonchev–Trinajstić information content (AvgIpc) is 2.99. The van der Waals surface area contributed by atoms with Gasteiger partial charge in [0.15, 0.2) is 5.96 Å². The van der Waals surface area contributed by atoms with Gasteiger partial charge in [-0.15, -0.1) is 0 Å². The Morgan fingerprint density at radius 1 is 1.19 bits per heavy atom. The number of hydrogen-bond donors (Lipinski definition) is 2. The van der Waals surface area contributed by atoms with Gasteiger partial charge in [-0.3, -0.25) is 4.99 Å². The Hall–Kier alpha value is -2.51. The first-order valence-corrected chi connectivity index (χ1v) is 11.5. The number of rotatable bonds is 4. The molecule has 0 aromatic carbocycles. The SMILES string of the molecule is CN=C(NCc1ccc(N2CCCCCC2)nc1)N1CCC(NC(=O)OC(C)(C)C)C1. The molecule has 0 radical (unpaired) electrons. The number of nitrogens with zero attached hydrogens (tertiary/aromatic N) is 4. The van der Waals surface area contributed by atoms with Crippen LogP contribution in [-0.4, -0.2) is 66.8 Å². The van der Waals surface area contributed by atoms with Crippen LogP contribution in [0.5, 0.6) is 0 Å². The molecule has 2 saturated heterocycles. The van der Waals surface area contributed by atoms with Gasteiger partial charge in [0.25, 0.3) is 0 Å². The first-order valence-electron chi connectivity index (χ1n) is 11.5. The summed E-state index contributed by atoms with van der Waals surface area (Å²) in [4.78, 5) is 25.7. The Labute approximate surface area is 186 Å². The maximum Gasteiger partial charge on any atom is 0.407 e. The van der Waals surface area contributed by atoms with E-state index < -0.39 is 5.60 Å². The van der Waals surface area contributed by atoms with Gasteiger partial charge in [0.1, 0.15) is 11.4 Å². The highest BCUT2D eigenvalue weighted by Crippen LogP contribution is 2.18. The minimum atomic E-state index is -0.489. The lowest BCUT2D eigenvalue weighted by atomic mass is 10.2. The van der Waals surface area contributed by atoms with E-state index >= 15 is 0 Å². The van der Waals surface area contributed by atoms with E-state index in [1.807, 2.05) is 27.0 Å². The lowest BCUT2D eigenvalue weighted by molar-refractivity contribution is 0.0507. The largest absolute Gasteiger partial charge is 0.444 e. The number of pyridine rings is 1. The van der Waals surface area contributed by atoms with Crippen molar-refractivity contribution in [2.75, 3.05) is 38.1 Å². The summed E-state index contributed by atoms with van der Waals surface area (Å²) in [6.45, 7) is 10.0. The van der Waals surface area contributed by atoms with Gasteiger partial charge in [-0.2, -0.15) is 0 Å². The van der Waals surface area contributed by atoms with Crippen molar-refractivity contribution in [1.82, 2.24) is 20.5 Å². The molecule has 1 atom stereocenters. The Balaban J connectivity index is 1.46. The molecule has 8 heteroatoms. The normalized spacial score (nSPS) is 20.4. The van der Waals surface area contributed by atoms with Crippen LogP contribution < -0.4 is 15.5 Å². The number of likely N-dealkylation sites (tertiary alicyclic amines) is 1. The van der Waals surface area contributed by atoms with E-state index in [4.69, 9.17) is 9.72 Å². The fourth-order valence-corrected chi connectivity index (χ4v) is 4.07. The van der Waals surface area contributed by atoms with Crippen molar-refractivity contribution in [2.45, 2.75) is 71.1 Å². The highest BCUT2D eigenvalue weighted by molar-refractivity contribution is 5.80. The molecular formula is C23H38N6O2. The van der Waals surface area contributed by atoms with Crippen molar-refractivity contribution in [3.05, 3.63) is 23.9 Å². The van der Waals surface area contributed by atoms with Crippen molar-refractivity contribution in [3.63, 3.8) is 0 Å². The Kier molecular flexibility index (Phi) is 7.98. The van der Waals surface area contributed by atoms with Crippen molar-refractivity contribution in [1.29, 1.82) is 0 Å². The molecule has 0 aliphatic carbocycles. The molecule has 3 heterocycles. The van der Waals surface area contributed by atoms with Gasteiger partial charge in [0, 0.05) is 46.0 Å². The number of hydrogen-bond acceptors (Lipinski definition) is 5. The molecule has 1 unspecified atom stereocenters. The van der Waals surface area contributed by atoms with Gasteiger partial charge in [-0.25, -0.2) is 9.78 Å². The van der Waals surface area contributed by atoms with Gasteiger partial charge in [-0.1, -0.05) is 18.9 Å². The Morgan fingerprint density at radius 3 is 2.55 bits per heavy atom.